The minimum absolute atomic E-state index is 0.387. The maximum atomic E-state index is 5.59. The first-order valence-electron chi connectivity index (χ1n) is 6.78. The number of benzene rings is 1. The molecular weight excluding hydrogens is 264 g/mol. The third kappa shape index (κ3) is 3.14. The van der Waals surface area contributed by atoms with Crippen LogP contribution >= 0.6 is 0 Å². The van der Waals surface area contributed by atoms with E-state index in [9.17, 15) is 0 Å². The predicted molar refractivity (Wildman–Crippen MR) is 79.4 cm³/mol. The zero-order valence-corrected chi connectivity index (χ0v) is 11.8. The van der Waals surface area contributed by atoms with E-state index in [0.29, 0.717) is 24.7 Å². The molecule has 0 aliphatic carbocycles. The standard InChI is InChI=1S/C16H16N4O/c1-11-2-4-12(5-3-11)8-15-19-16(21-20-15)13-6-7-18-14(9-13)10-17/h2-7,9H,8,10,17H2,1H3. The molecule has 0 bridgehead atoms. The molecule has 0 unspecified atom stereocenters. The van der Waals surface area contributed by atoms with Crippen LogP contribution in [-0.4, -0.2) is 15.1 Å². The predicted octanol–water partition coefficient (Wildman–Crippen LogP) is 2.49. The van der Waals surface area contributed by atoms with E-state index in [1.165, 1.54) is 5.56 Å². The lowest BCUT2D eigenvalue weighted by Gasteiger charge is -1.98. The summed E-state index contributed by atoms with van der Waals surface area (Å²) < 4.78 is 5.32. The topological polar surface area (TPSA) is 77.8 Å². The van der Waals surface area contributed by atoms with Crippen molar-refractivity contribution in [2.24, 2.45) is 5.73 Å². The van der Waals surface area contributed by atoms with E-state index in [-0.39, 0.29) is 0 Å². The van der Waals surface area contributed by atoms with Crippen molar-refractivity contribution >= 4 is 0 Å². The van der Waals surface area contributed by atoms with Gasteiger partial charge in [0.2, 0.25) is 0 Å². The number of aryl methyl sites for hydroxylation is 1. The van der Waals surface area contributed by atoms with Gasteiger partial charge in [-0.05, 0) is 24.6 Å². The Balaban J connectivity index is 1.81. The van der Waals surface area contributed by atoms with Crippen molar-refractivity contribution in [3.05, 3.63) is 65.2 Å². The molecule has 2 heterocycles. The van der Waals surface area contributed by atoms with E-state index in [1.54, 1.807) is 6.20 Å². The third-order valence-corrected chi connectivity index (χ3v) is 3.22. The summed E-state index contributed by atoms with van der Waals surface area (Å²) in [6.45, 7) is 2.45. The molecule has 0 spiro atoms. The SMILES string of the molecule is Cc1ccc(Cc2noc(-c3ccnc(CN)c3)n2)cc1. The van der Waals surface area contributed by atoms with E-state index in [1.807, 2.05) is 12.1 Å². The van der Waals surface area contributed by atoms with Gasteiger partial charge in [-0.3, -0.25) is 4.98 Å². The Morgan fingerprint density at radius 2 is 1.95 bits per heavy atom. The first kappa shape index (κ1) is 13.5. The Labute approximate surface area is 122 Å². The number of hydrogen-bond acceptors (Lipinski definition) is 5. The van der Waals surface area contributed by atoms with Gasteiger partial charge >= 0.3 is 0 Å². The van der Waals surface area contributed by atoms with Crippen LogP contribution in [0.25, 0.3) is 11.5 Å². The average molecular weight is 280 g/mol. The molecule has 2 N–H and O–H groups in total. The van der Waals surface area contributed by atoms with Gasteiger partial charge in [0.1, 0.15) is 0 Å². The summed E-state index contributed by atoms with van der Waals surface area (Å²) in [5.74, 6) is 1.16. The molecule has 1 aromatic carbocycles. The molecule has 5 heteroatoms. The molecule has 3 rings (SSSR count). The van der Waals surface area contributed by atoms with Crippen LogP contribution in [0, 0.1) is 6.92 Å². The van der Waals surface area contributed by atoms with Crippen LogP contribution in [0.1, 0.15) is 22.6 Å². The number of aromatic nitrogens is 3. The second kappa shape index (κ2) is 5.85. The minimum Gasteiger partial charge on any atom is -0.334 e. The lowest BCUT2D eigenvalue weighted by Crippen LogP contribution is -1.99. The summed E-state index contributed by atoms with van der Waals surface area (Å²) in [5.41, 5.74) is 9.62. The van der Waals surface area contributed by atoms with Crippen LogP contribution in [-0.2, 0) is 13.0 Å². The molecule has 0 saturated carbocycles. The second-order valence-electron chi connectivity index (χ2n) is 4.92. The lowest BCUT2D eigenvalue weighted by molar-refractivity contribution is 0.424. The zero-order valence-electron chi connectivity index (χ0n) is 11.8. The van der Waals surface area contributed by atoms with Gasteiger partial charge in [-0.25, -0.2) is 0 Å². The first-order chi connectivity index (χ1) is 10.2. The fourth-order valence-electron chi connectivity index (χ4n) is 2.05. The number of pyridine rings is 1. The van der Waals surface area contributed by atoms with Gasteiger partial charge in [-0.15, -0.1) is 0 Å². The van der Waals surface area contributed by atoms with E-state index < -0.39 is 0 Å². The molecule has 0 fully saturated rings. The number of hydrogen-bond donors (Lipinski definition) is 1. The van der Waals surface area contributed by atoms with Crippen LogP contribution in [0.15, 0.2) is 47.1 Å². The van der Waals surface area contributed by atoms with Crippen LogP contribution < -0.4 is 5.73 Å². The summed E-state index contributed by atoms with van der Waals surface area (Å²) in [5, 5.41) is 4.03. The summed E-state index contributed by atoms with van der Waals surface area (Å²) in [6.07, 6.45) is 2.35. The monoisotopic (exact) mass is 280 g/mol. The molecule has 21 heavy (non-hydrogen) atoms. The molecule has 5 nitrogen and oxygen atoms in total. The highest BCUT2D eigenvalue weighted by atomic mass is 16.5. The summed E-state index contributed by atoms with van der Waals surface area (Å²) in [4.78, 5) is 8.58. The Morgan fingerprint density at radius 3 is 2.71 bits per heavy atom. The molecule has 3 aromatic rings. The number of nitrogens with two attached hydrogens (primary N) is 1. The van der Waals surface area contributed by atoms with Crippen molar-refractivity contribution in [2.75, 3.05) is 0 Å². The van der Waals surface area contributed by atoms with Crippen LogP contribution in [0.5, 0.6) is 0 Å². The molecule has 0 atom stereocenters. The maximum Gasteiger partial charge on any atom is 0.258 e. The van der Waals surface area contributed by atoms with Crippen LogP contribution in [0.3, 0.4) is 0 Å². The van der Waals surface area contributed by atoms with Crippen molar-refractivity contribution in [2.45, 2.75) is 19.9 Å². The minimum atomic E-state index is 0.387. The van der Waals surface area contributed by atoms with Gasteiger partial charge in [-0.1, -0.05) is 35.0 Å². The molecular formula is C16H16N4O. The highest BCUT2D eigenvalue weighted by molar-refractivity contribution is 5.52. The van der Waals surface area contributed by atoms with Crippen LogP contribution in [0.2, 0.25) is 0 Å². The van der Waals surface area contributed by atoms with Crippen molar-refractivity contribution in [1.29, 1.82) is 0 Å². The summed E-state index contributed by atoms with van der Waals surface area (Å²) in [7, 11) is 0. The normalized spacial score (nSPS) is 10.8. The summed E-state index contributed by atoms with van der Waals surface area (Å²) in [6, 6.07) is 12.0. The molecule has 0 aliphatic heterocycles. The van der Waals surface area contributed by atoms with Crippen molar-refractivity contribution in [1.82, 2.24) is 15.1 Å². The van der Waals surface area contributed by atoms with Crippen molar-refractivity contribution in [3.8, 4) is 11.5 Å². The fourth-order valence-corrected chi connectivity index (χ4v) is 2.05. The summed E-state index contributed by atoms with van der Waals surface area (Å²) >= 11 is 0. The lowest BCUT2D eigenvalue weighted by atomic mass is 10.1. The van der Waals surface area contributed by atoms with E-state index in [4.69, 9.17) is 10.3 Å². The molecule has 2 aromatic heterocycles. The molecule has 0 saturated heterocycles. The Hall–Kier alpha value is -2.53. The van der Waals surface area contributed by atoms with Gasteiger partial charge in [0.25, 0.3) is 5.89 Å². The second-order valence-corrected chi connectivity index (χ2v) is 4.92. The third-order valence-electron chi connectivity index (χ3n) is 3.22. The first-order valence-corrected chi connectivity index (χ1v) is 6.78. The van der Waals surface area contributed by atoms with Gasteiger partial charge in [0.05, 0.1) is 5.69 Å². The smallest absolute Gasteiger partial charge is 0.258 e. The molecule has 0 aliphatic rings. The van der Waals surface area contributed by atoms with Gasteiger partial charge in [0, 0.05) is 24.7 Å². The Bertz CT molecular complexity index is 734. The largest absolute Gasteiger partial charge is 0.334 e. The highest BCUT2D eigenvalue weighted by Crippen LogP contribution is 2.18. The van der Waals surface area contributed by atoms with Gasteiger partial charge in [-0.2, -0.15) is 4.98 Å². The molecule has 106 valence electrons. The Morgan fingerprint density at radius 1 is 1.14 bits per heavy atom. The van der Waals surface area contributed by atoms with E-state index in [2.05, 4.69) is 46.3 Å². The number of nitrogens with zero attached hydrogens (tertiary/aromatic N) is 3. The zero-order chi connectivity index (χ0) is 14.7. The van der Waals surface area contributed by atoms with Gasteiger partial charge in [0.15, 0.2) is 5.82 Å². The number of rotatable bonds is 4. The fraction of sp³-hybridized carbons (Fsp3) is 0.188. The van der Waals surface area contributed by atoms with Gasteiger partial charge < -0.3 is 10.3 Å². The highest BCUT2D eigenvalue weighted by Gasteiger charge is 2.10. The van der Waals surface area contributed by atoms with Crippen LogP contribution in [0.4, 0.5) is 0 Å². The average Bonchev–Trinajstić information content (AvgIpc) is 2.98. The van der Waals surface area contributed by atoms with Crippen molar-refractivity contribution < 1.29 is 4.52 Å². The maximum absolute atomic E-state index is 5.59. The van der Waals surface area contributed by atoms with Crippen molar-refractivity contribution in [3.63, 3.8) is 0 Å². The molecule has 0 radical (unpaired) electrons. The van der Waals surface area contributed by atoms with E-state index >= 15 is 0 Å². The Kier molecular flexibility index (Phi) is 3.75. The van der Waals surface area contributed by atoms with E-state index in [0.717, 1.165) is 16.8 Å². The molecule has 0 amide bonds. The quantitative estimate of drug-likeness (QED) is 0.794.